The van der Waals surface area contributed by atoms with Crippen LogP contribution in [0.3, 0.4) is 0 Å². The Hall–Kier alpha value is -2.33. The summed E-state index contributed by atoms with van der Waals surface area (Å²) in [7, 11) is 0. The summed E-state index contributed by atoms with van der Waals surface area (Å²) in [5.74, 6) is -0.00994. The van der Waals surface area contributed by atoms with Crippen LogP contribution in [0.5, 0.6) is 11.5 Å². The van der Waals surface area contributed by atoms with Crippen molar-refractivity contribution >= 4 is 23.9 Å². The van der Waals surface area contributed by atoms with Crippen LogP contribution in [0.1, 0.15) is 10.4 Å². The summed E-state index contributed by atoms with van der Waals surface area (Å²) >= 11 is 5.89. The molecule has 0 aliphatic carbocycles. The van der Waals surface area contributed by atoms with Crippen molar-refractivity contribution in [3.63, 3.8) is 0 Å². The van der Waals surface area contributed by atoms with Crippen LogP contribution in [0, 0.1) is 0 Å². The van der Waals surface area contributed by atoms with Gasteiger partial charge in [0, 0.05) is 0 Å². The predicted octanol–water partition coefficient (Wildman–Crippen LogP) is 3.14. The number of benzene rings is 2. The third kappa shape index (κ3) is 3.59. The van der Waals surface area contributed by atoms with Crippen molar-refractivity contribution in [3.8, 4) is 11.5 Å². The van der Waals surface area contributed by atoms with Crippen LogP contribution in [0.4, 0.5) is 0 Å². The van der Waals surface area contributed by atoms with Gasteiger partial charge in [0.2, 0.25) is 0 Å². The Labute approximate surface area is 120 Å². The second-order valence-electron chi connectivity index (χ2n) is 3.85. The number of hydrogen-bond donors (Lipinski definition) is 0. The first-order valence-electron chi connectivity index (χ1n) is 5.83. The molecular weight excluding hydrogens is 280 g/mol. The molecular formula is C15H11ClO4. The second-order valence-corrected chi connectivity index (χ2v) is 4.26. The highest BCUT2D eigenvalue weighted by Crippen LogP contribution is 2.23. The van der Waals surface area contributed by atoms with Crippen molar-refractivity contribution in [3.05, 3.63) is 59.1 Å². The number of rotatable bonds is 5. The average molecular weight is 291 g/mol. The van der Waals surface area contributed by atoms with Gasteiger partial charge in [-0.25, -0.2) is 4.79 Å². The molecule has 0 saturated carbocycles. The van der Waals surface area contributed by atoms with Crippen LogP contribution in [0.15, 0.2) is 48.5 Å². The van der Waals surface area contributed by atoms with Crippen LogP contribution >= 0.6 is 11.6 Å². The molecule has 0 unspecified atom stereocenters. The van der Waals surface area contributed by atoms with E-state index in [0.717, 1.165) is 0 Å². The fraction of sp³-hybridized carbons (Fsp3) is 0.0667. The van der Waals surface area contributed by atoms with Crippen molar-refractivity contribution in [2.24, 2.45) is 0 Å². The third-order valence-corrected chi connectivity index (χ3v) is 2.76. The number of aldehydes is 1. The Balaban J connectivity index is 1.96. The van der Waals surface area contributed by atoms with Crippen molar-refractivity contribution < 1.29 is 19.1 Å². The van der Waals surface area contributed by atoms with E-state index in [4.69, 9.17) is 21.1 Å². The average Bonchev–Trinajstić information content (AvgIpc) is 2.47. The summed E-state index contributed by atoms with van der Waals surface area (Å²) in [6, 6.07) is 13.3. The summed E-state index contributed by atoms with van der Waals surface area (Å²) in [6.45, 7) is -0.295. The Morgan fingerprint density at radius 2 is 1.70 bits per heavy atom. The Bertz CT molecular complexity index is 625. The Morgan fingerprint density at radius 1 is 1.05 bits per heavy atom. The maximum absolute atomic E-state index is 11.7. The summed E-state index contributed by atoms with van der Waals surface area (Å²) in [5.41, 5.74) is 0.304. The highest BCUT2D eigenvalue weighted by molar-refractivity contribution is 6.32. The fourth-order valence-corrected chi connectivity index (χ4v) is 1.71. The number of para-hydroxylation sites is 2. The summed E-state index contributed by atoms with van der Waals surface area (Å²) in [4.78, 5) is 22.5. The van der Waals surface area contributed by atoms with Gasteiger partial charge in [0.1, 0.15) is 11.5 Å². The van der Waals surface area contributed by atoms with Crippen LogP contribution in [0.25, 0.3) is 0 Å². The molecule has 2 aromatic carbocycles. The number of hydrogen-bond acceptors (Lipinski definition) is 4. The zero-order chi connectivity index (χ0) is 14.4. The quantitative estimate of drug-likeness (QED) is 0.482. The Kier molecular flexibility index (Phi) is 4.74. The zero-order valence-corrected chi connectivity index (χ0v) is 11.2. The molecule has 20 heavy (non-hydrogen) atoms. The molecule has 0 heterocycles. The van der Waals surface area contributed by atoms with Gasteiger partial charge in [-0.15, -0.1) is 0 Å². The minimum absolute atomic E-state index is 0.204. The Morgan fingerprint density at radius 3 is 2.40 bits per heavy atom. The van der Waals surface area contributed by atoms with Gasteiger partial charge in [0.15, 0.2) is 12.9 Å². The van der Waals surface area contributed by atoms with E-state index in [1.165, 1.54) is 6.07 Å². The lowest BCUT2D eigenvalue weighted by Crippen LogP contribution is -2.18. The van der Waals surface area contributed by atoms with Gasteiger partial charge in [0.05, 0.1) is 10.6 Å². The summed E-state index contributed by atoms with van der Waals surface area (Å²) in [5, 5.41) is 0.411. The van der Waals surface area contributed by atoms with Crippen molar-refractivity contribution in [2.45, 2.75) is 0 Å². The molecule has 0 bridgehead atoms. The molecule has 0 aliphatic rings. The van der Waals surface area contributed by atoms with Crippen molar-refractivity contribution in [2.75, 3.05) is 6.61 Å². The van der Waals surface area contributed by atoms with Gasteiger partial charge < -0.3 is 9.47 Å². The van der Waals surface area contributed by atoms with Crippen LogP contribution < -0.4 is 9.47 Å². The molecule has 0 radical (unpaired) electrons. The minimum atomic E-state index is -0.612. The van der Waals surface area contributed by atoms with Gasteiger partial charge >= 0.3 is 5.97 Å². The van der Waals surface area contributed by atoms with E-state index >= 15 is 0 Å². The zero-order valence-electron chi connectivity index (χ0n) is 10.4. The van der Waals surface area contributed by atoms with E-state index in [1.54, 1.807) is 42.5 Å². The van der Waals surface area contributed by atoms with Crippen molar-refractivity contribution in [1.82, 2.24) is 0 Å². The maximum atomic E-state index is 11.7. The first kappa shape index (κ1) is 14.1. The molecule has 2 rings (SSSR count). The lowest BCUT2D eigenvalue weighted by Gasteiger charge is -2.08. The molecule has 0 amide bonds. The van der Waals surface area contributed by atoms with Gasteiger partial charge in [0.25, 0.3) is 0 Å². The molecule has 0 atom stereocenters. The topological polar surface area (TPSA) is 52.6 Å². The van der Waals surface area contributed by atoms with E-state index in [2.05, 4.69) is 0 Å². The van der Waals surface area contributed by atoms with E-state index < -0.39 is 5.97 Å². The predicted molar refractivity (Wildman–Crippen MR) is 74.4 cm³/mol. The minimum Gasteiger partial charge on any atom is -0.480 e. The second kappa shape index (κ2) is 6.73. The normalized spacial score (nSPS) is 9.85. The molecule has 0 fully saturated rings. The van der Waals surface area contributed by atoms with Crippen LogP contribution in [-0.2, 0) is 4.79 Å². The lowest BCUT2D eigenvalue weighted by molar-refractivity contribution is -0.136. The molecule has 0 spiro atoms. The lowest BCUT2D eigenvalue weighted by atomic mass is 10.2. The largest absolute Gasteiger partial charge is 0.480 e. The first-order valence-corrected chi connectivity index (χ1v) is 6.20. The highest BCUT2D eigenvalue weighted by atomic mass is 35.5. The molecule has 4 nitrogen and oxygen atoms in total. The van der Waals surface area contributed by atoms with E-state index in [9.17, 15) is 9.59 Å². The van der Waals surface area contributed by atoms with E-state index in [0.29, 0.717) is 22.6 Å². The van der Waals surface area contributed by atoms with Gasteiger partial charge in [-0.3, -0.25) is 4.79 Å². The van der Waals surface area contributed by atoms with Crippen LogP contribution in [-0.4, -0.2) is 18.9 Å². The molecule has 0 aromatic heterocycles. The summed E-state index contributed by atoms with van der Waals surface area (Å²) in [6.07, 6.45) is 0.623. The molecule has 0 aliphatic heterocycles. The number of carbonyl (C=O) groups excluding carboxylic acids is 2. The smallest absolute Gasteiger partial charge is 0.349 e. The molecule has 0 N–H and O–H groups in total. The van der Waals surface area contributed by atoms with Crippen LogP contribution in [0.2, 0.25) is 5.02 Å². The van der Waals surface area contributed by atoms with Gasteiger partial charge in [-0.2, -0.15) is 0 Å². The van der Waals surface area contributed by atoms with E-state index in [1.807, 2.05) is 0 Å². The summed E-state index contributed by atoms with van der Waals surface area (Å²) < 4.78 is 10.3. The van der Waals surface area contributed by atoms with Gasteiger partial charge in [-0.05, 0) is 24.3 Å². The number of ether oxygens (including phenoxy) is 2. The van der Waals surface area contributed by atoms with Gasteiger partial charge in [-0.1, -0.05) is 35.9 Å². The molecule has 2 aromatic rings. The first-order chi connectivity index (χ1) is 9.70. The SMILES string of the molecule is O=Cc1ccccc1OC(=O)COc1ccccc1Cl. The monoisotopic (exact) mass is 290 g/mol. The van der Waals surface area contributed by atoms with E-state index in [-0.39, 0.29) is 12.4 Å². The molecule has 102 valence electrons. The highest BCUT2D eigenvalue weighted by Gasteiger charge is 2.10. The fourth-order valence-electron chi connectivity index (χ4n) is 1.52. The third-order valence-electron chi connectivity index (χ3n) is 2.45. The maximum Gasteiger partial charge on any atom is 0.349 e. The number of halogens is 1. The molecule has 5 heteroatoms. The number of carbonyl (C=O) groups is 2. The van der Waals surface area contributed by atoms with Crippen molar-refractivity contribution in [1.29, 1.82) is 0 Å². The number of esters is 1. The standard InChI is InChI=1S/C15H11ClO4/c16-12-6-2-4-8-14(12)19-10-15(18)20-13-7-3-1-5-11(13)9-17/h1-9H,10H2. The molecule has 0 saturated heterocycles.